The number of nitrogens with one attached hydrogen (secondary N) is 1. The molecular formula is C26H26N2O7S. The van der Waals surface area contributed by atoms with Crippen molar-refractivity contribution < 1.29 is 32.3 Å². The van der Waals surface area contributed by atoms with E-state index in [2.05, 4.69) is 5.32 Å². The van der Waals surface area contributed by atoms with Gasteiger partial charge < -0.3 is 14.8 Å². The zero-order valence-corrected chi connectivity index (χ0v) is 21.1. The number of sulfonamides is 1. The van der Waals surface area contributed by atoms with Gasteiger partial charge in [0, 0.05) is 5.69 Å². The largest absolute Gasteiger partial charge is 0.465 e. The number of ether oxygens (including phenoxy) is 2. The van der Waals surface area contributed by atoms with Gasteiger partial charge in [-0.1, -0.05) is 35.9 Å². The van der Waals surface area contributed by atoms with Gasteiger partial charge in [-0.15, -0.1) is 0 Å². The highest BCUT2D eigenvalue weighted by atomic mass is 32.2. The van der Waals surface area contributed by atoms with Gasteiger partial charge >= 0.3 is 11.9 Å². The second-order valence-electron chi connectivity index (χ2n) is 7.95. The molecule has 0 aliphatic carbocycles. The molecule has 0 spiro atoms. The Morgan fingerprint density at radius 1 is 0.833 bits per heavy atom. The van der Waals surface area contributed by atoms with E-state index in [9.17, 15) is 22.8 Å². The number of carbonyl (C=O) groups excluding carboxylic acids is 3. The molecule has 3 rings (SSSR count). The third kappa shape index (κ3) is 5.89. The van der Waals surface area contributed by atoms with Crippen molar-refractivity contribution in [3.05, 3.63) is 89.0 Å². The number of esters is 2. The molecule has 3 aromatic rings. The minimum Gasteiger partial charge on any atom is -0.465 e. The molecule has 0 saturated carbocycles. The van der Waals surface area contributed by atoms with Crippen molar-refractivity contribution in [3.63, 3.8) is 0 Å². The summed E-state index contributed by atoms with van der Waals surface area (Å²) in [5.74, 6) is -2.13. The summed E-state index contributed by atoms with van der Waals surface area (Å²) < 4.78 is 37.5. The summed E-state index contributed by atoms with van der Waals surface area (Å²) in [7, 11) is -1.74. The van der Waals surface area contributed by atoms with Gasteiger partial charge in [-0.25, -0.2) is 18.0 Å². The molecule has 1 amide bonds. The molecule has 0 aliphatic heterocycles. The van der Waals surface area contributed by atoms with Crippen LogP contribution in [0.2, 0.25) is 0 Å². The lowest BCUT2D eigenvalue weighted by Gasteiger charge is -2.26. The Morgan fingerprint density at radius 3 is 1.94 bits per heavy atom. The van der Waals surface area contributed by atoms with Crippen LogP contribution in [0.4, 0.5) is 11.4 Å². The van der Waals surface area contributed by atoms with Gasteiger partial charge in [-0.3, -0.25) is 9.10 Å². The SMILES string of the molecule is COC(=O)c1cc(NC(=O)CN(c2ccc(C)cc2C)S(=O)(=O)c2ccccc2)cc(C(=O)OC)c1. The number of amides is 1. The Bertz CT molecular complexity index is 1370. The van der Waals surface area contributed by atoms with Crippen LogP contribution in [-0.2, 0) is 24.3 Å². The lowest BCUT2D eigenvalue weighted by Crippen LogP contribution is -2.38. The molecule has 0 unspecified atom stereocenters. The van der Waals surface area contributed by atoms with E-state index in [1.165, 1.54) is 44.6 Å². The predicted molar refractivity (Wildman–Crippen MR) is 135 cm³/mol. The molecule has 10 heteroatoms. The van der Waals surface area contributed by atoms with Crippen LogP contribution in [0.1, 0.15) is 31.8 Å². The summed E-state index contributed by atoms with van der Waals surface area (Å²) >= 11 is 0. The lowest BCUT2D eigenvalue weighted by molar-refractivity contribution is -0.114. The summed E-state index contributed by atoms with van der Waals surface area (Å²) in [6.07, 6.45) is 0. The summed E-state index contributed by atoms with van der Waals surface area (Å²) in [6, 6.07) is 16.9. The minimum atomic E-state index is -4.10. The van der Waals surface area contributed by atoms with Crippen LogP contribution in [0.15, 0.2) is 71.6 Å². The number of carbonyl (C=O) groups is 3. The Hall–Kier alpha value is -4.18. The first kappa shape index (κ1) is 26.4. The Labute approximate surface area is 209 Å². The molecule has 0 radical (unpaired) electrons. The lowest BCUT2D eigenvalue weighted by atomic mass is 10.1. The molecule has 0 aromatic heterocycles. The number of hydrogen-bond acceptors (Lipinski definition) is 7. The molecule has 0 heterocycles. The van der Waals surface area contributed by atoms with Crippen LogP contribution < -0.4 is 9.62 Å². The molecular weight excluding hydrogens is 484 g/mol. The summed E-state index contributed by atoms with van der Waals surface area (Å²) in [5, 5.41) is 2.57. The molecule has 0 atom stereocenters. The Balaban J connectivity index is 2.00. The first-order valence-electron chi connectivity index (χ1n) is 10.8. The van der Waals surface area contributed by atoms with Crippen molar-refractivity contribution in [1.82, 2.24) is 0 Å². The van der Waals surface area contributed by atoms with E-state index in [1.807, 2.05) is 13.0 Å². The predicted octanol–water partition coefficient (Wildman–Crippen LogP) is 3.71. The number of anilines is 2. The first-order valence-corrected chi connectivity index (χ1v) is 12.3. The quantitative estimate of drug-likeness (QED) is 0.459. The van der Waals surface area contributed by atoms with Crippen LogP contribution in [0.25, 0.3) is 0 Å². The zero-order valence-electron chi connectivity index (χ0n) is 20.3. The van der Waals surface area contributed by atoms with E-state index in [4.69, 9.17) is 9.47 Å². The summed E-state index contributed by atoms with van der Waals surface area (Å²) in [5.41, 5.74) is 2.08. The van der Waals surface area contributed by atoms with Gasteiger partial charge in [0.05, 0.1) is 35.9 Å². The highest BCUT2D eigenvalue weighted by Gasteiger charge is 2.28. The smallest absolute Gasteiger partial charge is 0.337 e. The molecule has 188 valence electrons. The van der Waals surface area contributed by atoms with Crippen LogP contribution >= 0.6 is 0 Å². The van der Waals surface area contributed by atoms with Crippen molar-refractivity contribution in [2.45, 2.75) is 18.7 Å². The van der Waals surface area contributed by atoms with Gasteiger partial charge in [0.15, 0.2) is 0 Å². The van der Waals surface area contributed by atoms with Gasteiger partial charge in [-0.2, -0.15) is 0 Å². The van der Waals surface area contributed by atoms with Crippen molar-refractivity contribution in [2.75, 3.05) is 30.4 Å². The van der Waals surface area contributed by atoms with Crippen molar-refractivity contribution in [2.24, 2.45) is 0 Å². The van der Waals surface area contributed by atoms with Crippen molar-refractivity contribution in [3.8, 4) is 0 Å². The van der Waals surface area contributed by atoms with Gasteiger partial charge in [0.2, 0.25) is 5.91 Å². The average molecular weight is 511 g/mol. The highest BCUT2D eigenvalue weighted by molar-refractivity contribution is 7.92. The molecule has 0 saturated heterocycles. The van der Waals surface area contributed by atoms with Crippen molar-refractivity contribution >= 4 is 39.2 Å². The number of benzene rings is 3. The maximum absolute atomic E-state index is 13.5. The third-order valence-electron chi connectivity index (χ3n) is 5.30. The molecule has 9 nitrogen and oxygen atoms in total. The zero-order chi connectivity index (χ0) is 26.5. The molecule has 36 heavy (non-hydrogen) atoms. The van der Waals surface area contributed by atoms with E-state index in [0.29, 0.717) is 11.3 Å². The number of methoxy groups -OCH3 is 2. The van der Waals surface area contributed by atoms with Crippen LogP contribution in [0.5, 0.6) is 0 Å². The Kier molecular flexibility index (Phi) is 8.11. The van der Waals surface area contributed by atoms with Crippen LogP contribution in [0, 0.1) is 13.8 Å². The second-order valence-corrected chi connectivity index (χ2v) is 9.81. The van der Waals surface area contributed by atoms with Gasteiger partial charge in [-0.05, 0) is 55.8 Å². The van der Waals surface area contributed by atoms with E-state index in [1.54, 1.807) is 37.3 Å². The summed E-state index contributed by atoms with van der Waals surface area (Å²) in [4.78, 5) is 37.2. The number of nitrogens with zero attached hydrogens (tertiary/aromatic N) is 1. The molecule has 1 N–H and O–H groups in total. The van der Waals surface area contributed by atoms with Crippen LogP contribution in [-0.4, -0.2) is 47.0 Å². The molecule has 0 fully saturated rings. The monoisotopic (exact) mass is 510 g/mol. The fourth-order valence-electron chi connectivity index (χ4n) is 3.61. The van der Waals surface area contributed by atoms with E-state index >= 15 is 0 Å². The van der Waals surface area contributed by atoms with E-state index < -0.39 is 34.4 Å². The van der Waals surface area contributed by atoms with Crippen molar-refractivity contribution in [1.29, 1.82) is 0 Å². The Morgan fingerprint density at radius 2 is 1.42 bits per heavy atom. The minimum absolute atomic E-state index is 0.0128. The molecule has 3 aromatic carbocycles. The maximum atomic E-state index is 13.5. The second kappa shape index (κ2) is 11.0. The number of hydrogen-bond donors (Lipinski definition) is 1. The maximum Gasteiger partial charge on any atom is 0.337 e. The molecule has 0 bridgehead atoms. The standard InChI is InChI=1S/C26H26N2O7S/c1-17-10-11-23(18(2)12-17)28(36(32,33)22-8-6-5-7-9-22)16-24(29)27-21-14-19(25(30)34-3)13-20(15-21)26(31)35-4/h5-15H,16H2,1-4H3,(H,27,29). The fraction of sp³-hybridized carbons (Fsp3) is 0.192. The normalized spacial score (nSPS) is 10.9. The third-order valence-corrected chi connectivity index (χ3v) is 7.07. The van der Waals surface area contributed by atoms with Gasteiger partial charge in [0.1, 0.15) is 6.54 Å². The average Bonchev–Trinajstić information content (AvgIpc) is 2.86. The fourth-order valence-corrected chi connectivity index (χ4v) is 5.11. The first-order chi connectivity index (χ1) is 17.1. The topological polar surface area (TPSA) is 119 Å². The molecule has 0 aliphatic rings. The van der Waals surface area contributed by atoms with E-state index in [-0.39, 0.29) is 21.7 Å². The van der Waals surface area contributed by atoms with Gasteiger partial charge in [0.25, 0.3) is 10.0 Å². The highest BCUT2D eigenvalue weighted by Crippen LogP contribution is 2.28. The van der Waals surface area contributed by atoms with Crippen LogP contribution in [0.3, 0.4) is 0 Å². The number of rotatable bonds is 8. The van der Waals surface area contributed by atoms with E-state index in [0.717, 1.165) is 9.87 Å². The number of aryl methyl sites for hydroxylation is 2. The summed E-state index contributed by atoms with van der Waals surface area (Å²) in [6.45, 7) is 3.08.